The summed E-state index contributed by atoms with van der Waals surface area (Å²) in [6, 6.07) is 10.2. The van der Waals surface area contributed by atoms with Gasteiger partial charge in [0.15, 0.2) is 5.78 Å². The zero-order chi connectivity index (χ0) is 23.2. The van der Waals surface area contributed by atoms with Crippen LogP contribution in [0.4, 0.5) is 5.69 Å². The van der Waals surface area contributed by atoms with E-state index < -0.39 is 28.3 Å². The molecule has 0 amide bonds. The van der Waals surface area contributed by atoms with E-state index in [1.54, 1.807) is 12.1 Å². The van der Waals surface area contributed by atoms with Gasteiger partial charge < -0.3 is 9.31 Å². The van der Waals surface area contributed by atoms with Crippen LogP contribution in [-0.2, 0) is 19.3 Å². The molecule has 1 aliphatic heterocycles. The van der Waals surface area contributed by atoms with Gasteiger partial charge in [-0.25, -0.2) is 8.42 Å². The van der Waals surface area contributed by atoms with E-state index in [9.17, 15) is 13.2 Å². The summed E-state index contributed by atoms with van der Waals surface area (Å²) in [5.74, 6) is -0.365. The van der Waals surface area contributed by atoms with Crippen LogP contribution in [0.3, 0.4) is 0 Å². The first-order chi connectivity index (χ1) is 14.3. The van der Waals surface area contributed by atoms with Gasteiger partial charge in [0.2, 0.25) is 10.0 Å². The molecule has 1 aliphatic rings. The van der Waals surface area contributed by atoms with Crippen molar-refractivity contribution in [1.29, 1.82) is 0 Å². The predicted molar refractivity (Wildman–Crippen MR) is 125 cm³/mol. The molecule has 0 bridgehead atoms. The van der Waals surface area contributed by atoms with E-state index in [1.807, 2.05) is 46.8 Å². The Bertz CT molecular complexity index is 1100. The summed E-state index contributed by atoms with van der Waals surface area (Å²) in [6.07, 6.45) is 0. The normalized spacial score (nSPS) is 17.6. The fraction of sp³-hybridized carbons (Fsp3) is 0.409. The molecule has 9 heteroatoms. The maximum atomic E-state index is 13.4. The second kappa shape index (κ2) is 8.24. The topological polar surface area (TPSA) is 81.7 Å². The molecule has 1 saturated heterocycles. The molecule has 2 aromatic carbocycles. The van der Waals surface area contributed by atoms with Crippen molar-refractivity contribution in [3.63, 3.8) is 0 Å². The molecule has 1 heterocycles. The van der Waals surface area contributed by atoms with Gasteiger partial charge in [-0.2, -0.15) is 0 Å². The smallest absolute Gasteiger partial charge is 0.399 e. The molecule has 0 aromatic heterocycles. The van der Waals surface area contributed by atoms with Crippen LogP contribution in [0.1, 0.15) is 56.1 Å². The number of sulfonamides is 1. The summed E-state index contributed by atoms with van der Waals surface area (Å²) >= 11 is 6.38. The molecule has 2 aromatic rings. The maximum Gasteiger partial charge on any atom is 0.495 e. The van der Waals surface area contributed by atoms with Gasteiger partial charge in [0, 0.05) is 11.1 Å². The molecule has 0 saturated carbocycles. The van der Waals surface area contributed by atoms with Crippen LogP contribution in [0.25, 0.3) is 0 Å². The van der Waals surface area contributed by atoms with Gasteiger partial charge in [-0.1, -0.05) is 41.4 Å². The molecule has 1 fully saturated rings. The second-order valence-corrected chi connectivity index (χ2v) is 11.1. The highest BCUT2D eigenvalue weighted by Crippen LogP contribution is 2.37. The Labute approximate surface area is 189 Å². The van der Waals surface area contributed by atoms with E-state index in [1.165, 1.54) is 19.1 Å². The van der Waals surface area contributed by atoms with E-state index in [2.05, 4.69) is 4.72 Å². The van der Waals surface area contributed by atoms with Crippen LogP contribution >= 0.6 is 11.6 Å². The monoisotopic (exact) mass is 463 g/mol. The average molecular weight is 464 g/mol. The van der Waals surface area contributed by atoms with E-state index in [0.29, 0.717) is 16.6 Å². The van der Waals surface area contributed by atoms with Crippen molar-refractivity contribution in [3.8, 4) is 0 Å². The zero-order valence-electron chi connectivity index (χ0n) is 18.6. The SMILES string of the molecule is CCS(=O)(=O)Nc1cc(B2OC(C)(C)C(C)(C)O2)c(C(=O)c2ccc(C)cc2)cc1Cl. The molecular formula is C22H27BClNO5S. The first-order valence-electron chi connectivity index (χ1n) is 10.1. The minimum Gasteiger partial charge on any atom is -0.399 e. The van der Waals surface area contributed by atoms with Gasteiger partial charge in [0.1, 0.15) is 0 Å². The minimum atomic E-state index is -3.57. The zero-order valence-corrected chi connectivity index (χ0v) is 20.1. The van der Waals surface area contributed by atoms with E-state index >= 15 is 0 Å². The average Bonchev–Trinajstić information content (AvgIpc) is 2.90. The molecule has 0 aliphatic carbocycles. The lowest BCUT2D eigenvalue weighted by Crippen LogP contribution is -2.41. The highest BCUT2D eigenvalue weighted by Gasteiger charge is 2.52. The fourth-order valence-electron chi connectivity index (χ4n) is 3.13. The van der Waals surface area contributed by atoms with Crippen LogP contribution < -0.4 is 10.2 Å². The van der Waals surface area contributed by atoms with Crippen molar-refractivity contribution in [2.24, 2.45) is 0 Å². The number of nitrogens with one attached hydrogen (secondary N) is 1. The molecule has 6 nitrogen and oxygen atoms in total. The van der Waals surface area contributed by atoms with Gasteiger partial charge in [0.25, 0.3) is 0 Å². The number of carbonyl (C=O) groups is 1. The third-order valence-corrected chi connectivity index (χ3v) is 7.45. The van der Waals surface area contributed by atoms with Crippen molar-refractivity contribution in [2.75, 3.05) is 10.5 Å². The second-order valence-electron chi connectivity index (χ2n) is 8.71. The molecule has 0 unspecified atom stereocenters. The Kier molecular flexibility index (Phi) is 6.33. The van der Waals surface area contributed by atoms with E-state index in [4.69, 9.17) is 20.9 Å². The number of hydrogen-bond acceptors (Lipinski definition) is 5. The molecule has 0 atom stereocenters. The maximum absolute atomic E-state index is 13.4. The minimum absolute atomic E-state index is 0.112. The summed E-state index contributed by atoms with van der Waals surface area (Å²) in [4.78, 5) is 13.4. The Morgan fingerprint density at radius 2 is 1.61 bits per heavy atom. The Balaban J connectivity index is 2.14. The van der Waals surface area contributed by atoms with Crippen LogP contribution in [0.5, 0.6) is 0 Å². The highest BCUT2D eigenvalue weighted by molar-refractivity contribution is 7.92. The summed E-state index contributed by atoms with van der Waals surface area (Å²) in [7, 11) is -4.44. The number of aryl methyl sites for hydroxylation is 1. The van der Waals surface area contributed by atoms with Gasteiger partial charge >= 0.3 is 7.12 Å². The van der Waals surface area contributed by atoms with Gasteiger partial charge in [0.05, 0.1) is 27.7 Å². The Morgan fingerprint density at radius 3 is 2.13 bits per heavy atom. The van der Waals surface area contributed by atoms with Crippen LogP contribution in [0.2, 0.25) is 5.02 Å². The molecule has 166 valence electrons. The van der Waals surface area contributed by atoms with Crippen molar-refractivity contribution < 1.29 is 22.5 Å². The molecule has 0 radical (unpaired) electrons. The predicted octanol–water partition coefficient (Wildman–Crippen LogP) is 3.94. The number of carbonyl (C=O) groups excluding carboxylic acids is 1. The van der Waals surface area contributed by atoms with Crippen LogP contribution in [-0.4, -0.2) is 38.3 Å². The van der Waals surface area contributed by atoms with E-state index in [-0.39, 0.29) is 22.2 Å². The number of rotatable bonds is 6. The summed E-state index contributed by atoms with van der Waals surface area (Å²) in [5, 5.41) is 0.118. The lowest BCUT2D eigenvalue weighted by atomic mass is 9.74. The third-order valence-electron chi connectivity index (χ3n) is 5.85. The molecule has 0 spiro atoms. The Hall–Kier alpha value is -1.87. The summed E-state index contributed by atoms with van der Waals surface area (Å²) in [6.45, 7) is 11.1. The molecular weight excluding hydrogens is 437 g/mol. The van der Waals surface area contributed by atoms with Crippen molar-refractivity contribution >= 4 is 45.7 Å². The number of ketones is 1. The standard InChI is InChI=1S/C22H27BClNO5S/c1-7-31(27,28)25-19-13-17(23-29-21(3,4)22(5,6)30-23)16(12-18(19)24)20(26)15-10-8-14(2)9-11-15/h8-13,25H,7H2,1-6H3. The number of hydrogen-bond donors (Lipinski definition) is 1. The number of anilines is 1. The lowest BCUT2D eigenvalue weighted by molar-refractivity contribution is 0.00578. The highest BCUT2D eigenvalue weighted by atomic mass is 35.5. The largest absolute Gasteiger partial charge is 0.495 e. The summed E-state index contributed by atoms with van der Waals surface area (Å²) in [5.41, 5.74) is 1.14. The van der Waals surface area contributed by atoms with Crippen LogP contribution in [0, 0.1) is 6.92 Å². The number of benzene rings is 2. The molecule has 31 heavy (non-hydrogen) atoms. The molecule has 3 rings (SSSR count). The van der Waals surface area contributed by atoms with Gasteiger partial charge in [-0.15, -0.1) is 0 Å². The number of halogens is 1. The van der Waals surface area contributed by atoms with Crippen LogP contribution in [0.15, 0.2) is 36.4 Å². The fourth-order valence-corrected chi connectivity index (χ4v) is 4.05. The quantitative estimate of drug-likeness (QED) is 0.518. The van der Waals surface area contributed by atoms with Gasteiger partial charge in [-0.05, 0) is 59.1 Å². The van der Waals surface area contributed by atoms with E-state index in [0.717, 1.165) is 5.56 Å². The third kappa shape index (κ3) is 4.82. The first kappa shape index (κ1) is 23.8. The molecule has 1 N–H and O–H groups in total. The first-order valence-corrected chi connectivity index (χ1v) is 12.1. The lowest BCUT2D eigenvalue weighted by Gasteiger charge is -2.32. The Morgan fingerprint density at radius 1 is 1.06 bits per heavy atom. The van der Waals surface area contributed by atoms with Gasteiger partial charge in [-0.3, -0.25) is 9.52 Å². The van der Waals surface area contributed by atoms with Crippen molar-refractivity contribution in [2.45, 2.75) is 52.7 Å². The summed E-state index contributed by atoms with van der Waals surface area (Å²) < 4.78 is 39.0. The van der Waals surface area contributed by atoms with Crippen molar-refractivity contribution in [1.82, 2.24) is 0 Å². The van der Waals surface area contributed by atoms with Crippen molar-refractivity contribution in [3.05, 3.63) is 58.1 Å².